The topological polar surface area (TPSA) is 26.0 Å². The van der Waals surface area contributed by atoms with Crippen molar-refractivity contribution in [1.29, 1.82) is 0 Å². The summed E-state index contributed by atoms with van der Waals surface area (Å²) < 4.78 is 4.57. The molecule has 0 aromatic carbocycles. The van der Waals surface area contributed by atoms with Crippen LogP contribution in [0.4, 0.5) is 0 Å². The fraction of sp³-hybridized carbons (Fsp3) is 0. The van der Waals surface area contributed by atoms with Crippen molar-refractivity contribution < 1.29 is 4.42 Å². The second kappa shape index (κ2) is 1.48. The van der Waals surface area contributed by atoms with Gasteiger partial charge in [0.1, 0.15) is 0 Å². The molecule has 0 N–H and O–H groups in total. The van der Waals surface area contributed by atoms with E-state index >= 15 is 0 Å². The molecule has 0 amide bonds. The van der Waals surface area contributed by atoms with Gasteiger partial charge >= 0.3 is 0 Å². The largest absolute Gasteiger partial charge is 0.435 e. The maximum absolute atomic E-state index is 6.48. The highest BCUT2D eigenvalue weighted by atomic mass is 16.3. The molecule has 0 unspecified atom stereocenters. The Morgan fingerprint density at radius 2 is 2.71 bits per heavy atom. The van der Waals surface area contributed by atoms with Crippen molar-refractivity contribution in [1.82, 2.24) is 4.98 Å². The molecule has 1 aromatic rings. The predicted octanol–water partition coefficient (Wildman–Crippen LogP) is 0.612. The number of nitrogens with zero attached hydrogens (tertiary/aromatic N) is 1. The SMILES string of the molecule is [C]#Cc1cnco1. The van der Waals surface area contributed by atoms with Gasteiger partial charge in [0.15, 0.2) is 12.2 Å². The van der Waals surface area contributed by atoms with E-state index in [2.05, 4.69) is 9.40 Å². The average Bonchev–Trinajstić information content (AvgIpc) is 2.14. The Balaban J connectivity index is 3.04. The van der Waals surface area contributed by atoms with Crippen LogP contribution >= 0.6 is 0 Å². The standard InChI is InChI=1S/C5H2NO/c1-2-5-3-6-4-7-5/h3-4H. The number of hydrogen-bond acceptors (Lipinski definition) is 2. The first-order valence-electron chi connectivity index (χ1n) is 1.74. The third-order valence-corrected chi connectivity index (χ3v) is 0.556. The van der Waals surface area contributed by atoms with E-state index in [4.69, 9.17) is 6.42 Å². The minimum Gasteiger partial charge on any atom is -0.435 e. The van der Waals surface area contributed by atoms with Gasteiger partial charge in [-0.25, -0.2) is 4.98 Å². The van der Waals surface area contributed by atoms with Crippen molar-refractivity contribution in [3.63, 3.8) is 0 Å². The van der Waals surface area contributed by atoms with Crippen LogP contribution in [0, 0.1) is 12.3 Å². The van der Waals surface area contributed by atoms with E-state index in [0.29, 0.717) is 5.76 Å². The number of aromatic nitrogens is 1. The molecule has 0 aliphatic heterocycles. The monoisotopic (exact) mass is 92.0 g/mol. The zero-order valence-electron chi connectivity index (χ0n) is 3.51. The first kappa shape index (κ1) is 3.94. The molecule has 2 nitrogen and oxygen atoms in total. The van der Waals surface area contributed by atoms with Gasteiger partial charge in [-0.2, -0.15) is 0 Å². The van der Waals surface area contributed by atoms with Gasteiger partial charge in [0.05, 0.1) is 6.20 Å². The lowest BCUT2D eigenvalue weighted by Crippen LogP contribution is -1.56. The molecule has 1 aromatic heterocycles. The highest BCUT2D eigenvalue weighted by Crippen LogP contribution is 1.89. The van der Waals surface area contributed by atoms with Crippen LogP contribution in [0.3, 0.4) is 0 Å². The molecule has 2 heteroatoms. The first-order valence-corrected chi connectivity index (χ1v) is 1.74. The lowest BCUT2D eigenvalue weighted by molar-refractivity contribution is 0.545. The molecule has 0 aliphatic carbocycles. The number of rotatable bonds is 0. The van der Waals surface area contributed by atoms with Crippen LogP contribution in [0.25, 0.3) is 0 Å². The Labute approximate surface area is 41.2 Å². The summed E-state index contributed by atoms with van der Waals surface area (Å²) >= 11 is 0. The van der Waals surface area contributed by atoms with Gasteiger partial charge < -0.3 is 4.42 Å². The maximum Gasteiger partial charge on any atom is 0.198 e. The molecule has 0 aliphatic rings. The third kappa shape index (κ3) is 0.606. The summed E-state index contributed by atoms with van der Waals surface area (Å²) in [6.45, 7) is 0. The van der Waals surface area contributed by atoms with Crippen molar-refractivity contribution in [2.45, 2.75) is 0 Å². The van der Waals surface area contributed by atoms with Crippen LogP contribution in [0.1, 0.15) is 5.76 Å². The Kier molecular flexibility index (Phi) is 0.833. The fourth-order valence-electron chi connectivity index (χ4n) is 0.278. The molecule has 0 spiro atoms. The third-order valence-electron chi connectivity index (χ3n) is 0.556. The normalized spacial score (nSPS) is 7.86. The Hall–Kier alpha value is -1.23. The van der Waals surface area contributed by atoms with Crippen molar-refractivity contribution in [3.05, 3.63) is 24.8 Å². The molecule has 33 valence electrons. The second-order valence-corrected chi connectivity index (χ2v) is 0.991. The van der Waals surface area contributed by atoms with Crippen molar-refractivity contribution in [3.8, 4) is 5.92 Å². The lowest BCUT2D eigenvalue weighted by atomic mass is 10.6. The predicted molar refractivity (Wildman–Crippen MR) is 22.7 cm³/mol. The molecular formula is C5H2NO. The fourth-order valence-corrected chi connectivity index (χ4v) is 0.278. The Bertz CT molecular complexity index is 170. The van der Waals surface area contributed by atoms with Gasteiger partial charge in [0.2, 0.25) is 0 Å². The summed E-state index contributed by atoms with van der Waals surface area (Å²) in [4.78, 5) is 3.54. The van der Waals surface area contributed by atoms with E-state index < -0.39 is 0 Å². The zero-order chi connectivity index (χ0) is 5.11. The molecular weight excluding hydrogens is 90.1 g/mol. The van der Waals surface area contributed by atoms with Gasteiger partial charge in [0, 0.05) is 0 Å². The summed E-state index contributed by atoms with van der Waals surface area (Å²) in [5.74, 6) is 2.39. The minimum atomic E-state index is 0.361. The summed E-state index contributed by atoms with van der Waals surface area (Å²) in [6, 6.07) is 0. The smallest absolute Gasteiger partial charge is 0.198 e. The van der Waals surface area contributed by atoms with Crippen molar-refractivity contribution in [2.75, 3.05) is 0 Å². The van der Waals surface area contributed by atoms with Crippen molar-refractivity contribution in [2.24, 2.45) is 0 Å². The van der Waals surface area contributed by atoms with E-state index in [1.165, 1.54) is 12.6 Å². The summed E-state index contributed by atoms with van der Waals surface area (Å²) in [5, 5.41) is 0. The van der Waals surface area contributed by atoms with Crippen LogP contribution in [0.5, 0.6) is 0 Å². The average molecular weight is 92.1 g/mol. The summed E-state index contributed by atoms with van der Waals surface area (Å²) in [5.41, 5.74) is 0. The molecule has 1 radical (unpaired) electrons. The van der Waals surface area contributed by atoms with Gasteiger partial charge in [-0.1, -0.05) is 0 Å². The van der Waals surface area contributed by atoms with E-state index in [0.717, 1.165) is 0 Å². The minimum absolute atomic E-state index is 0.361. The molecule has 7 heavy (non-hydrogen) atoms. The zero-order valence-corrected chi connectivity index (χ0v) is 3.51. The molecule has 0 fully saturated rings. The maximum atomic E-state index is 6.48. The van der Waals surface area contributed by atoms with Crippen LogP contribution in [0.2, 0.25) is 0 Å². The quantitative estimate of drug-likeness (QED) is 0.438. The Morgan fingerprint density at radius 1 is 1.86 bits per heavy atom. The van der Waals surface area contributed by atoms with E-state index in [9.17, 15) is 0 Å². The van der Waals surface area contributed by atoms with E-state index in [1.807, 2.05) is 5.92 Å². The van der Waals surface area contributed by atoms with E-state index in [-0.39, 0.29) is 0 Å². The molecule has 0 saturated heterocycles. The van der Waals surface area contributed by atoms with Crippen molar-refractivity contribution >= 4 is 0 Å². The van der Waals surface area contributed by atoms with Crippen LogP contribution in [-0.4, -0.2) is 4.98 Å². The van der Waals surface area contributed by atoms with Gasteiger partial charge in [0.25, 0.3) is 0 Å². The number of oxazole rings is 1. The summed E-state index contributed by atoms with van der Waals surface area (Å²) in [7, 11) is 0. The first-order chi connectivity index (χ1) is 3.43. The van der Waals surface area contributed by atoms with Crippen LogP contribution in [-0.2, 0) is 0 Å². The molecule has 1 heterocycles. The van der Waals surface area contributed by atoms with Crippen LogP contribution in [0.15, 0.2) is 17.0 Å². The highest BCUT2D eigenvalue weighted by Gasteiger charge is 1.82. The second-order valence-electron chi connectivity index (χ2n) is 0.991. The van der Waals surface area contributed by atoms with Gasteiger partial charge in [-0.15, -0.1) is 0 Å². The Morgan fingerprint density at radius 3 is 3.00 bits per heavy atom. The molecule has 0 bridgehead atoms. The number of hydrogen-bond donors (Lipinski definition) is 0. The van der Waals surface area contributed by atoms with Gasteiger partial charge in [-0.05, 0) is 12.3 Å². The van der Waals surface area contributed by atoms with Crippen LogP contribution < -0.4 is 0 Å². The highest BCUT2D eigenvalue weighted by molar-refractivity contribution is 5.12. The summed E-state index contributed by atoms with van der Waals surface area (Å²) in [6.07, 6.45) is 9.16. The van der Waals surface area contributed by atoms with E-state index in [1.54, 1.807) is 0 Å². The molecule has 1 rings (SSSR count). The molecule has 0 atom stereocenters. The van der Waals surface area contributed by atoms with Gasteiger partial charge in [-0.3, -0.25) is 0 Å². The lowest BCUT2D eigenvalue weighted by Gasteiger charge is -1.66. The molecule has 0 saturated carbocycles.